The topological polar surface area (TPSA) is 73.8 Å². The van der Waals surface area contributed by atoms with Crippen LogP contribution in [0.1, 0.15) is 25.7 Å². The van der Waals surface area contributed by atoms with E-state index in [-0.39, 0.29) is 18.2 Å². The molecule has 3 rings (SSSR count). The molecule has 2 N–H and O–H groups in total. The lowest BCUT2D eigenvalue weighted by atomic mass is 10.1. The largest absolute Gasteiger partial charge is 0.343 e. The Morgan fingerprint density at radius 2 is 1.83 bits per heavy atom. The third-order valence-corrected chi connectivity index (χ3v) is 4.43. The Morgan fingerprint density at radius 3 is 2.50 bits per heavy atom. The molecule has 6 nitrogen and oxygen atoms in total. The summed E-state index contributed by atoms with van der Waals surface area (Å²) in [5.74, 6) is -0.0530. The van der Waals surface area contributed by atoms with Crippen LogP contribution in [0.2, 0.25) is 10.0 Å². The molecular weight excluding hydrogens is 351 g/mol. The normalized spacial score (nSPS) is 21.1. The van der Waals surface area contributed by atoms with E-state index < -0.39 is 6.04 Å². The molecule has 0 saturated carbocycles. The van der Waals surface area contributed by atoms with Gasteiger partial charge in [0.15, 0.2) is 0 Å². The molecule has 1 aromatic rings. The van der Waals surface area contributed by atoms with Crippen molar-refractivity contribution in [3.63, 3.8) is 0 Å². The van der Waals surface area contributed by atoms with Gasteiger partial charge in [-0.15, -0.1) is 0 Å². The van der Waals surface area contributed by atoms with Crippen molar-refractivity contribution in [3.05, 3.63) is 28.2 Å². The summed E-state index contributed by atoms with van der Waals surface area (Å²) in [4.78, 5) is 30.9. The molecule has 2 amide bonds. The molecule has 0 unspecified atom stereocenters. The summed E-state index contributed by atoms with van der Waals surface area (Å²) in [6.45, 7) is 1.69. The zero-order chi connectivity index (χ0) is 17.1. The molecular formula is C16H18Cl2N4O2. The third kappa shape index (κ3) is 4.19. The summed E-state index contributed by atoms with van der Waals surface area (Å²) < 4.78 is 0. The van der Waals surface area contributed by atoms with E-state index in [0.717, 1.165) is 25.9 Å². The number of carbonyl (C=O) groups is 2. The van der Waals surface area contributed by atoms with Crippen LogP contribution in [-0.2, 0) is 9.59 Å². The summed E-state index contributed by atoms with van der Waals surface area (Å²) in [5, 5.41) is 6.35. The van der Waals surface area contributed by atoms with Gasteiger partial charge in [-0.1, -0.05) is 23.2 Å². The van der Waals surface area contributed by atoms with E-state index in [1.165, 1.54) is 6.42 Å². The van der Waals surface area contributed by atoms with Crippen LogP contribution in [0.3, 0.4) is 0 Å². The lowest BCUT2D eigenvalue weighted by molar-refractivity contribution is -0.125. The van der Waals surface area contributed by atoms with Crippen LogP contribution >= 0.6 is 23.2 Å². The molecule has 0 aromatic heterocycles. The number of nitrogens with one attached hydrogen (secondary N) is 2. The highest BCUT2D eigenvalue weighted by Crippen LogP contribution is 2.23. The van der Waals surface area contributed by atoms with Crippen molar-refractivity contribution in [3.8, 4) is 0 Å². The highest BCUT2D eigenvalue weighted by Gasteiger charge is 2.29. The van der Waals surface area contributed by atoms with Crippen LogP contribution in [-0.4, -0.2) is 41.8 Å². The Labute approximate surface area is 150 Å². The number of halogens is 2. The number of piperidine rings is 1. The fourth-order valence-electron chi connectivity index (χ4n) is 2.85. The highest BCUT2D eigenvalue weighted by molar-refractivity contribution is 6.35. The minimum atomic E-state index is -0.756. The predicted octanol–water partition coefficient (Wildman–Crippen LogP) is 2.66. The maximum absolute atomic E-state index is 12.5. The van der Waals surface area contributed by atoms with Crippen LogP contribution < -0.4 is 10.6 Å². The molecule has 2 heterocycles. The van der Waals surface area contributed by atoms with Crippen molar-refractivity contribution >= 4 is 46.7 Å². The van der Waals surface area contributed by atoms with Crippen LogP contribution in [0.15, 0.2) is 23.2 Å². The lowest BCUT2D eigenvalue weighted by Crippen LogP contribution is -2.51. The van der Waals surface area contributed by atoms with Gasteiger partial charge in [0.25, 0.3) is 0 Å². The van der Waals surface area contributed by atoms with Crippen molar-refractivity contribution in [1.82, 2.24) is 10.2 Å². The number of carbonyl (C=O) groups excluding carboxylic acids is 2. The molecule has 0 bridgehead atoms. The molecule has 8 heteroatoms. The number of nitrogens with zero attached hydrogens (tertiary/aromatic N) is 2. The summed E-state index contributed by atoms with van der Waals surface area (Å²) in [5.41, 5.74) is 0.484. The maximum atomic E-state index is 12.5. The molecule has 128 valence electrons. The van der Waals surface area contributed by atoms with Crippen molar-refractivity contribution in [1.29, 1.82) is 0 Å². The third-order valence-electron chi connectivity index (χ3n) is 4.00. The molecule has 1 fully saturated rings. The molecule has 2 aliphatic rings. The number of hydrogen-bond donors (Lipinski definition) is 2. The quantitative estimate of drug-likeness (QED) is 0.842. The molecule has 24 heavy (non-hydrogen) atoms. The molecule has 2 aliphatic heterocycles. The minimum Gasteiger partial charge on any atom is -0.343 e. The van der Waals surface area contributed by atoms with E-state index in [1.54, 1.807) is 18.2 Å². The Bertz CT molecular complexity index is 666. The molecule has 0 radical (unpaired) electrons. The van der Waals surface area contributed by atoms with Crippen molar-refractivity contribution in [2.45, 2.75) is 31.7 Å². The van der Waals surface area contributed by atoms with Crippen molar-refractivity contribution in [2.75, 3.05) is 18.4 Å². The Morgan fingerprint density at radius 1 is 1.17 bits per heavy atom. The second kappa shape index (κ2) is 7.40. The fourth-order valence-corrected chi connectivity index (χ4v) is 3.37. The van der Waals surface area contributed by atoms with Crippen molar-refractivity contribution < 1.29 is 9.59 Å². The second-order valence-electron chi connectivity index (χ2n) is 5.92. The first-order valence-corrected chi connectivity index (χ1v) is 8.66. The number of likely N-dealkylation sites (tertiary alicyclic amines) is 1. The SMILES string of the molecule is O=C1C[C@H](C(=O)Nc2cc(Cl)cc(Cl)c2)N=C(N2CCCCC2)N1. The Kier molecular flexibility index (Phi) is 5.26. The van der Waals surface area contributed by atoms with Gasteiger partial charge < -0.3 is 10.2 Å². The van der Waals surface area contributed by atoms with E-state index in [2.05, 4.69) is 15.6 Å². The van der Waals surface area contributed by atoms with Crippen LogP contribution in [0.5, 0.6) is 0 Å². The summed E-state index contributed by atoms with van der Waals surface area (Å²) in [6.07, 6.45) is 3.33. The summed E-state index contributed by atoms with van der Waals surface area (Å²) in [6, 6.07) is 4.03. The lowest BCUT2D eigenvalue weighted by Gasteiger charge is -2.32. The number of aliphatic imine (C=N–C) groups is 1. The number of benzene rings is 1. The number of anilines is 1. The highest BCUT2D eigenvalue weighted by atomic mass is 35.5. The van der Waals surface area contributed by atoms with Gasteiger partial charge in [-0.25, -0.2) is 4.99 Å². The number of rotatable bonds is 2. The average molecular weight is 369 g/mol. The van der Waals surface area contributed by atoms with E-state index in [1.807, 2.05) is 4.90 Å². The number of hydrogen-bond acceptors (Lipinski definition) is 4. The van der Waals surface area contributed by atoms with Gasteiger partial charge in [0.1, 0.15) is 6.04 Å². The zero-order valence-corrected chi connectivity index (χ0v) is 14.5. The van der Waals surface area contributed by atoms with Gasteiger partial charge in [-0.2, -0.15) is 0 Å². The maximum Gasteiger partial charge on any atom is 0.249 e. The number of guanidine groups is 1. The summed E-state index contributed by atoms with van der Waals surface area (Å²) >= 11 is 11.9. The van der Waals surface area contributed by atoms with E-state index in [9.17, 15) is 9.59 Å². The first-order valence-electron chi connectivity index (χ1n) is 7.91. The monoisotopic (exact) mass is 368 g/mol. The standard InChI is InChI=1S/C16H18Cl2N4O2/c17-10-6-11(18)8-12(7-10)19-15(24)13-9-14(23)21-16(20-13)22-4-2-1-3-5-22/h6-8,13H,1-5,9H2,(H,19,24)(H,20,21,23)/t13-/m1/s1. The molecule has 0 spiro atoms. The van der Waals surface area contributed by atoms with Gasteiger partial charge in [-0.3, -0.25) is 14.9 Å². The van der Waals surface area contributed by atoms with Gasteiger partial charge in [0.2, 0.25) is 17.8 Å². The first-order chi connectivity index (χ1) is 11.5. The van der Waals surface area contributed by atoms with Gasteiger partial charge in [0.05, 0.1) is 6.42 Å². The molecule has 1 saturated heterocycles. The van der Waals surface area contributed by atoms with Crippen LogP contribution in [0, 0.1) is 0 Å². The molecule has 0 aliphatic carbocycles. The fraction of sp³-hybridized carbons (Fsp3) is 0.438. The molecule has 1 atom stereocenters. The van der Waals surface area contributed by atoms with Gasteiger partial charge in [0, 0.05) is 28.8 Å². The van der Waals surface area contributed by atoms with E-state index in [4.69, 9.17) is 23.2 Å². The van der Waals surface area contributed by atoms with Gasteiger partial charge in [-0.05, 0) is 37.5 Å². The van der Waals surface area contributed by atoms with Gasteiger partial charge >= 0.3 is 0 Å². The van der Waals surface area contributed by atoms with E-state index in [0.29, 0.717) is 21.7 Å². The average Bonchev–Trinajstić information content (AvgIpc) is 2.54. The van der Waals surface area contributed by atoms with Crippen LogP contribution in [0.4, 0.5) is 5.69 Å². The zero-order valence-electron chi connectivity index (χ0n) is 13.0. The Hall–Kier alpha value is -1.79. The van der Waals surface area contributed by atoms with E-state index >= 15 is 0 Å². The van der Waals surface area contributed by atoms with Crippen LogP contribution in [0.25, 0.3) is 0 Å². The minimum absolute atomic E-state index is 0.0253. The number of amides is 2. The smallest absolute Gasteiger partial charge is 0.249 e. The first kappa shape index (κ1) is 17.0. The van der Waals surface area contributed by atoms with Crippen molar-refractivity contribution in [2.24, 2.45) is 4.99 Å². The Balaban J connectivity index is 1.74. The second-order valence-corrected chi connectivity index (χ2v) is 6.79. The summed E-state index contributed by atoms with van der Waals surface area (Å²) in [7, 11) is 0. The molecule has 1 aromatic carbocycles. The predicted molar refractivity (Wildman–Crippen MR) is 94.5 cm³/mol.